The van der Waals surface area contributed by atoms with Gasteiger partial charge in [0, 0.05) is 38.5 Å². The summed E-state index contributed by atoms with van der Waals surface area (Å²) in [5, 5.41) is 32.7. The second-order valence-electron chi connectivity index (χ2n) is 11.1. The minimum Gasteiger partial charge on any atom is -0.310 e. The fourth-order valence-electron chi connectivity index (χ4n) is 6.65. The van der Waals surface area contributed by atoms with E-state index < -0.39 is 0 Å². The van der Waals surface area contributed by atoms with E-state index >= 15 is 0 Å². The molecule has 46 heavy (non-hydrogen) atoms. The maximum absolute atomic E-state index is 9.66. The number of aromatic nitrogens is 2. The third kappa shape index (κ3) is 3.86. The normalized spacial score (nSPS) is 11.0. The van der Waals surface area contributed by atoms with Crippen molar-refractivity contribution in [2.24, 2.45) is 0 Å². The molecule has 0 unspecified atom stereocenters. The van der Waals surface area contributed by atoms with Gasteiger partial charge in [-0.2, -0.15) is 15.8 Å². The summed E-state index contributed by atoms with van der Waals surface area (Å²) < 4.78 is 4.32. The number of hydrogen-bond donors (Lipinski definition) is 0. The number of para-hydroxylation sites is 1. The molecular formula is C40H20N6. The topological polar surface area (TPSA) is 85.6 Å². The van der Waals surface area contributed by atoms with Crippen molar-refractivity contribution in [2.45, 2.75) is 0 Å². The van der Waals surface area contributed by atoms with Gasteiger partial charge in [0.25, 0.3) is 0 Å². The smallest absolute Gasteiger partial charge is 0.196 e. The lowest BCUT2D eigenvalue weighted by molar-refractivity contribution is 1.17. The lowest BCUT2D eigenvalue weighted by atomic mass is 10.00. The molecule has 0 spiro atoms. The van der Waals surface area contributed by atoms with Crippen molar-refractivity contribution in [3.8, 4) is 40.7 Å². The summed E-state index contributed by atoms with van der Waals surface area (Å²) in [6.45, 7) is 8.15. The van der Waals surface area contributed by atoms with Crippen LogP contribution >= 0.6 is 0 Å². The zero-order valence-electron chi connectivity index (χ0n) is 24.2. The highest BCUT2D eigenvalue weighted by Crippen LogP contribution is 2.42. The van der Waals surface area contributed by atoms with Gasteiger partial charge in [0.2, 0.25) is 0 Å². The molecule has 0 bridgehead atoms. The van der Waals surface area contributed by atoms with Gasteiger partial charge < -0.3 is 9.13 Å². The summed E-state index contributed by atoms with van der Waals surface area (Å²) in [6, 6.07) is 45.7. The first kappa shape index (κ1) is 26.5. The molecule has 0 aliphatic carbocycles. The van der Waals surface area contributed by atoms with E-state index in [9.17, 15) is 15.8 Å². The van der Waals surface area contributed by atoms with E-state index in [0.717, 1.165) is 66.1 Å². The minimum atomic E-state index is 0.507. The Labute approximate surface area is 263 Å². The number of hydrogen-bond acceptors (Lipinski definition) is 3. The van der Waals surface area contributed by atoms with Crippen LogP contribution in [-0.4, -0.2) is 9.13 Å². The monoisotopic (exact) mass is 584 g/mol. The second kappa shape index (κ2) is 10.3. The summed E-state index contributed by atoms with van der Waals surface area (Å²) in [6.07, 6.45) is 0. The molecule has 0 saturated heterocycles. The van der Waals surface area contributed by atoms with Crippen LogP contribution in [0.4, 0.5) is 5.69 Å². The van der Waals surface area contributed by atoms with Crippen LogP contribution in [0.5, 0.6) is 0 Å². The average Bonchev–Trinajstić information content (AvgIpc) is 3.62. The fraction of sp³-hybridized carbons (Fsp3) is 0. The van der Waals surface area contributed by atoms with Crippen LogP contribution in [0.15, 0.2) is 121 Å². The van der Waals surface area contributed by atoms with Gasteiger partial charge in [0.15, 0.2) is 5.69 Å². The van der Waals surface area contributed by atoms with Gasteiger partial charge in [-0.3, -0.25) is 0 Å². The summed E-state index contributed by atoms with van der Waals surface area (Å²) in [5.41, 5.74) is 9.33. The minimum absolute atomic E-state index is 0.507. The molecule has 0 amide bonds. The maximum atomic E-state index is 9.66. The SMILES string of the molecule is [C-]#[N+]c1cccc(-n2c3ccc(C#N)cc3c3cc(C#N)ccc32)c1-c1cccc(-n2c3ccccc3c3cc(C#N)ccc32)c1. The van der Waals surface area contributed by atoms with Crippen LogP contribution in [0.2, 0.25) is 0 Å². The van der Waals surface area contributed by atoms with E-state index in [4.69, 9.17) is 6.57 Å². The summed E-state index contributed by atoms with van der Waals surface area (Å²) in [5.74, 6) is 0. The molecule has 2 aromatic heterocycles. The van der Waals surface area contributed by atoms with Crippen LogP contribution in [0, 0.1) is 40.6 Å². The zero-order valence-corrected chi connectivity index (χ0v) is 24.2. The number of fused-ring (bicyclic) bond motifs is 6. The van der Waals surface area contributed by atoms with Gasteiger partial charge in [-0.1, -0.05) is 42.5 Å². The summed E-state index contributed by atoms with van der Waals surface area (Å²) in [4.78, 5) is 3.96. The molecule has 0 saturated carbocycles. The molecule has 0 N–H and O–H groups in total. The van der Waals surface area contributed by atoms with Crippen LogP contribution in [0.25, 0.3) is 71.0 Å². The van der Waals surface area contributed by atoms with Crippen molar-refractivity contribution in [3.63, 3.8) is 0 Å². The van der Waals surface area contributed by atoms with Gasteiger partial charge in [-0.25, -0.2) is 4.85 Å². The molecule has 6 aromatic carbocycles. The molecule has 0 aliphatic heterocycles. The van der Waals surface area contributed by atoms with E-state index in [0.29, 0.717) is 22.4 Å². The fourth-order valence-corrected chi connectivity index (χ4v) is 6.65. The Hall–Kier alpha value is -7.12. The average molecular weight is 585 g/mol. The highest BCUT2D eigenvalue weighted by atomic mass is 15.0. The van der Waals surface area contributed by atoms with Gasteiger partial charge in [0.05, 0.1) is 63.5 Å². The molecule has 0 aliphatic rings. The van der Waals surface area contributed by atoms with Gasteiger partial charge >= 0.3 is 0 Å². The zero-order chi connectivity index (χ0) is 31.4. The third-order valence-corrected chi connectivity index (χ3v) is 8.60. The van der Waals surface area contributed by atoms with Crippen LogP contribution in [-0.2, 0) is 0 Å². The van der Waals surface area contributed by atoms with E-state index in [-0.39, 0.29) is 0 Å². The summed E-state index contributed by atoms with van der Waals surface area (Å²) in [7, 11) is 0. The quantitative estimate of drug-likeness (QED) is 0.194. The standard InChI is InChI=1S/C40H20N6/c1-44-34-9-5-11-39(46-37-16-13-26(23-42)19-32(37)33-20-27(24-43)14-17-38(33)46)40(34)28-6-4-7-29(21-28)45-35-10-3-2-8-30(35)31-18-25(22-41)12-15-36(31)45/h2-21H. The molecule has 0 fully saturated rings. The van der Waals surface area contributed by atoms with E-state index in [1.807, 2.05) is 84.9 Å². The lowest BCUT2D eigenvalue weighted by Crippen LogP contribution is -1.99. The highest BCUT2D eigenvalue weighted by Gasteiger charge is 2.20. The van der Waals surface area contributed by atoms with Crippen molar-refractivity contribution in [1.29, 1.82) is 15.8 Å². The Bertz CT molecular complexity index is 2680. The van der Waals surface area contributed by atoms with Crippen LogP contribution < -0.4 is 0 Å². The van der Waals surface area contributed by atoms with Crippen molar-refractivity contribution < 1.29 is 0 Å². The summed E-state index contributed by atoms with van der Waals surface area (Å²) >= 11 is 0. The second-order valence-corrected chi connectivity index (χ2v) is 11.1. The Morgan fingerprint density at radius 1 is 0.500 bits per heavy atom. The molecule has 8 rings (SSSR count). The number of nitrogens with zero attached hydrogens (tertiary/aromatic N) is 6. The van der Waals surface area contributed by atoms with Gasteiger partial charge in [0.1, 0.15) is 0 Å². The van der Waals surface area contributed by atoms with Crippen molar-refractivity contribution in [2.75, 3.05) is 0 Å². The highest BCUT2D eigenvalue weighted by molar-refractivity contribution is 6.11. The molecule has 0 atom stereocenters. The van der Waals surface area contributed by atoms with Crippen LogP contribution in [0.1, 0.15) is 16.7 Å². The Kier molecular flexibility index (Phi) is 5.91. The Morgan fingerprint density at radius 2 is 1.04 bits per heavy atom. The molecule has 2 heterocycles. The molecule has 210 valence electrons. The first-order chi connectivity index (χ1) is 22.6. The first-order valence-corrected chi connectivity index (χ1v) is 14.6. The van der Waals surface area contributed by atoms with Crippen molar-refractivity contribution in [3.05, 3.63) is 149 Å². The number of nitriles is 3. The molecule has 6 nitrogen and oxygen atoms in total. The largest absolute Gasteiger partial charge is 0.310 e. The van der Waals surface area contributed by atoms with Crippen LogP contribution in [0.3, 0.4) is 0 Å². The molecule has 8 aromatic rings. The first-order valence-electron chi connectivity index (χ1n) is 14.6. The predicted molar refractivity (Wildman–Crippen MR) is 181 cm³/mol. The number of rotatable bonds is 3. The van der Waals surface area contributed by atoms with Gasteiger partial charge in [-0.15, -0.1) is 0 Å². The van der Waals surface area contributed by atoms with E-state index in [2.05, 4.69) is 56.5 Å². The van der Waals surface area contributed by atoms with Gasteiger partial charge in [-0.05, 0) is 84.4 Å². The maximum Gasteiger partial charge on any atom is 0.196 e. The molecular weight excluding hydrogens is 564 g/mol. The Balaban J connectivity index is 1.42. The van der Waals surface area contributed by atoms with Crippen molar-refractivity contribution >= 4 is 49.3 Å². The number of benzene rings is 6. The van der Waals surface area contributed by atoms with Crippen molar-refractivity contribution in [1.82, 2.24) is 9.13 Å². The molecule has 6 heteroatoms. The van der Waals surface area contributed by atoms with E-state index in [1.54, 1.807) is 12.1 Å². The van der Waals surface area contributed by atoms with E-state index in [1.165, 1.54) is 0 Å². The predicted octanol–water partition coefficient (Wildman–Crippen LogP) is 9.71. The Morgan fingerprint density at radius 3 is 1.65 bits per heavy atom. The lowest BCUT2D eigenvalue weighted by Gasteiger charge is -2.17. The third-order valence-electron chi connectivity index (χ3n) is 8.60. The molecule has 0 radical (unpaired) electrons.